The maximum Gasteiger partial charge on any atom is 0.269 e. The van der Waals surface area contributed by atoms with Crippen molar-refractivity contribution in [3.05, 3.63) is 100 Å². The summed E-state index contributed by atoms with van der Waals surface area (Å²) in [6.07, 6.45) is 1.24. The molecular weight excluding hydrogens is 406 g/mol. The van der Waals surface area contributed by atoms with Gasteiger partial charge < -0.3 is 14.8 Å². The highest BCUT2D eigenvalue weighted by molar-refractivity contribution is 5.80. The third-order valence-corrected chi connectivity index (χ3v) is 5.26. The molecule has 0 bridgehead atoms. The Kier molecular flexibility index (Phi) is 6.17. The molecule has 1 amide bonds. The van der Waals surface area contributed by atoms with Gasteiger partial charge in [0, 0.05) is 0 Å². The van der Waals surface area contributed by atoms with E-state index >= 15 is 0 Å². The molecule has 0 aliphatic rings. The van der Waals surface area contributed by atoms with Crippen LogP contribution >= 0.6 is 0 Å². The highest BCUT2D eigenvalue weighted by Crippen LogP contribution is 2.26. The van der Waals surface area contributed by atoms with Gasteiger partial charge in [0.2, 0.25) is 5.91 Å². The van der Waals surface area contributed by atoms with E-state index in [1.807, 2.05) is 60.7 Å². The van der Waals surface area contributed by atoms with Gasteiger partial charge in [0.1, 0.15) is 18.0 Å². The lowest BCUT2D eigenvalue weighted by molar-refractivity contribution is -0.122. The van der Waals surface area contributed by atoms with Crippen LogP contribution in [0.1, 0.15) is 17.2 Å². The highest BCUT2D eigenvalue weighted by atomic mass is 16.5. The Morgan fingerprint density at radius 3 is 2.03 bits per heavy atom. The van der Waals surface area contributed by atoms with Crippen molar-refractivity contribution in [2.24, 2.45) is 0 Å². The first kappa shape index (κ1) is 21.1. The fourth-order valence-electron chi connectivity index (χ4n) is 3.58. The molecule has 0 fully saturated rings. The molecule has 0 aliphatic heterocycles. The van der Waals surface area contributed by atoms with Crippen molar-refractivity contribution in [1.82, 2.24) is 14.9 Å². The number of para-hydroxylation sites is 2. The smallest absolute Gasteiger partial charge is 0.269 e. The number of hydrogen-bond donors (Lipinski definition) is 1. The Balaban J connectivity index is 1.65. The van der Waals surface area contributed by atoms with Crippen molar-refractivity contribution < 1.29 is 14.3 Å². The summed E-state index contributed by atoms with van der Waals surface area (Å²) < 4.78 is 11.9. The van der Waals surface area contributed by atoms with Crippen LogP contribution < -0.4 is 20.3 Å². The molecule has 0 atom stereocenters. The van der Waals surface area contributed by atoms with Gasteiger partial charge in [0.25, 0.3) is 5.56 Å². The van der Waals surface area contributed by atoms with Crippen LogP contribution in [-0.2, 0) is 11.3 Å². The lowest BCUT2D eigenvalue weighted by Gasteiger charge is -2.21. The maximum absolute atomic E-state index is 13.1. The molecular formula is C25H23N3O4. The lowest BCUT2D eigenvalue weighted by atomic mass is 9.98. The minimum absolute atomic E-state index is 0.120. The van der Waals surface area contributed by atoms with Crippen LogP contribution in [0.3, 0.4) is 0 Å². The topological polar surface area (TPSA) is 82.5 Å². The predicted octanol–water partition coefficient (Wildman–Crippen LogP) is 3.32. The van der Waals surface area contributed by atoms with Gasteiger partial charge in [-0.05, 0) is 47.5 Å². The van der Waals surface area contributed by atoms with Crippen molar-refractivity contribution in [3.8, 4) is 11.5 Å². The van der Waals surface area contributed by atoms with Crippen LogP contribution in [-0.4, -0.2) is 29.7 Å². The molecule has 7 heteroatoms. The summed E-state index contributed by atoms with van der Waals surface area (Å²) in [4.78, 5) is 29.6. The summed E-state index contributed by atoms with van der Waals surface area (Å²) in [6.45, 7) is -0.120. The number of nitrogens with zero attached hydrogens (tertiary/aromatic N) is 2. The molecule has 1 heterocycles. The third-order valence-electron chi connectivity index (χ3n) is 5.26. The zero-order chi connectivity index (χ0) is 22.5. The number of aromatic nitrogens is 2. The second kappa shape index (κ2) is 9.34. The van der Waals surface area contributed by atoms with Crippen LogP contribution in [0, 0.1) is 0 Å². The first-order valence-corrected chi connectivity index (χ1v) is 10.1. The predicted molar refractivity (Wildman–Crippen MR) is 122 cm³/mol. The number of methoxy groups -OCH3 is 2. The number of amides is 1. The minimum Gasteiger partial charge on any atom is -0.497 e. The molecule has 32 heavy (non-hydrogen) atoms. The Bertz CT molecular complexity index is 1230. The molecule has 162 valence electrons. The molecule has 0 unspecified atom stereocenters. The van der Waals surface area contributed by atoms with Crippen LogP contribution in [0.4, 0.5) is 0 Å². The third kappa shape index (κ3) is 4.46. The van der Waals surface area contributed by atoms with Crippen LogP contribution in [0.2, 0.25) is 0 Å². The fourth-order valence-corrected chi connectivity index (χ4v) is 3.58. The number of ether oxygens (including phenoxy) is 2. The molecule has 1 aromatic heterocycles. The molecule has 0 saturated heterocycles. The summed E-state index contributed by atoms with van der Waals surface area (Å²) in [7, 11) is 3.21. The first-order valence-electron chi connectivity index (χ1n) is 10.1. The Labute approximate surface area is 185 Å². The second-order valence-electron chi connectivity index (χ2n) is 7.22. The summed E-state index contributed by atoms with van der Waals surface area (Å²) in [5.41, 5.74) is 2.71. The van der Waals surface area contributed by atoms with Crippen LogP contribution in [0.25, 0.3) is 11.0 Å². The molecule has 4 rings (SSSR count). The van der Waals surface area contributed by atoms with Gasteiger partial charge in [-0.25, -0.2) is 4.98 Å². The van der Waals surface area contributed by atoms with E-state index in [2.05, 4.69) is 10.3 Å². The summed E-state index contributed by atoms with van der Waals surface area (Å²) in [5.74, 6) is 1.16. The number of carbonyl (C=O) groups excluding carboxylic acids is 1. The van der Waals surface area contributed by atoms with Gasteiger partial charge in [-0.15, -0.1) is 0 Å². The average molecular weight is 429 g/mol. The van der Waals surface area contributed by atoms with Crippen molar-refractivity contribution in [1.29, 1.82) is 0 Å². The SMILES string of the molecule is COc1ccc(C(NC(=O)Cn2c(=O)cnc3ccccc32)c2ccc(OC)cc2)cc1. The maximum atomic E-state index is 13.1. The molecule has 7 nitrogen and oxygen atoms in total. The van der Waals surface area contributed by atoms with E-state index in [1.54, 1.807) is 26.4 Å². The standard InChI is InChI=1S/C25H23N3O4/c1-31-19-11-7-17(8-12-19)25(18-9-13-20(32-2)14-10-18)27-23(29)16-28-22-6-4-3-5-21(22)26-15-24(28)30/h3-15,25H,16H2,1-2H3,(H,27,29). The van der Waals surface area contributed by atoms with Crippen LogP contribution in [0.15, 0.2) is 83.8 Å². The van der Waals surface area contributed by atoms with E-state index < -0.39 is 6.04 Å². The van der Waals surface area contributed by atoms with Crippen molar-refractivity contribution >= 4 is 16.9 Å². The van der Waals surface area contributed by atoms with Gasteiger partial charge >= 0.3 is 0 Å². The lowest BCUT2D eigenvalue weighted by Crippen LogP contribution is -2.35. The molecule has 0 saturated carbocycles. The second-order valence-corrected chi connectivity index (χ2v) is 7.22. The normalized spacial score (nSPS) is 10.8. The van der Waals surface area contributed by atoms with Crippen LogP contribution in [0.5, 0.6) is 11.5 Å². The monoisotopic (exact) mass is 429 g/mol. The van der Waals surface area contributed by atoms with Crippen molar-refractivity contribution in [2.75, 3.05) is 14.2 Å². The van der Waals surface area contributed by atoms with E-state index in [9.17, 15) is 9.59 Å². The average Bonchev–Trinajstić information content (AvgIpc) is 2.84. The number of nitrogens with one attached hydrogen (secondary N) is 1. The number of carbonyl (C=O) groups is 1. The molecule has 4 aromatic rings. The van der Waals surface area contributed by atoms with Gasteiger partial charge in [0.05, 0.1) is 37.5 Å². The summed E-state index contributed by atoms with van der Waals surface area (Å²) >= 11 is 0. The minimum atomic E-state index is -0.414. The van der Waals surface area contributed by atoms with E-state index in [0.29, 0.717) is 11.0 Å². The zero-order valence-corrected chi connectivity index (χ0v) is 17.8. The van der Waals surface area contributed by atoms with Gasteiger partial charge in [-0.1, -0.05) is 36.4 Å². The quantitative estimate of drug-likeness (QED) is 0.487. The van der Waals surface area contributed by atoms with Crippen molar-refractivity contribution in [3.63, 3.8) is 0 Å². The van der Waals surface area contributed by atoms with E-state index in [1.165, 1.54) is 10.8 Å². The number of benzene rings is 3. The van der Waals surface area contributed by atoms with Gasteiger partial charge in [-0.2, -0.15) is 0 Å². The largest absolute Gasteiger partial charge is 0.497 e. The summed E-state index contributed by atoms with van der Waals surface area (Å²) in [5, 5.41) is 3.06. The Morgan fingerprint density at radius 2 is 1.47 bits per heavy atom. The molecule has 3 aromatic carbocycles. The Hall–Kier alpha value is -4.13. The molecule has 1 N–H and O–H groups in total. The molecule has 0 radical (unpaired) electrons. The number of hydrogen-bond acceptors (Lipinski definition) is 5. The van der Waals surface area contributed by atoms with E-state index in [4.69, 9.17) is 9.47 Å². The molecule has 0 aliphatic carbocycles. The van der Waals surface area contributed by atoms with E-state index in [0.717, 1.165) is 22.6 Å². The van der Waals surface area contributed by atoms with Gasteiger partial charge in [-0.3, -0.25) is 14.2 Å². The van der Waals surface area contributed by atoms with Crippen molar-refractivity contribution in [2.45, 2.75) is 12.6 Å². The van der Waals surface area contributed by atoms with Gasteiger partial charge in [0.15, 0.2) is 0 Å². The summed E-state index contributed by atoms with van der Waals surface area (Å²) in [6, 6.07) is 21.8. The fraction of sp³-hybridized carbons (Fsp3) is 0.160. The highest BCUT2D eigenvalue weighted by Gasteiger charge is 2.18. The molecule has 0 spiro atoms. The number of rotatable bonds is 7. The number of fused-ring (bicyclic) bond motifs is 1. The Morgan fingerprint density at radius 1 is 0.906 bits per heavy atom. The van der Waals surface area contributed by atoms with E-state index in [-0.39, 0.29) is 18.0 Å². The zero-order valence-electron chi connectivity index (χ0n) is 17.8. The first-order chi connectivity index (χ1) is 15.6.